The van der Waals surface area contributed by atoms with Crippen molar-refractivity contribution in [3.63, 3.8) is 0 Å². The van der Waals surface area contributed by atoms with E-state index < -0.39 is 17.8 Å². The molecule has 0 fully saturated rings. The summed E-state index contributed by atoms with van der Waals surface area (Å²) in [5.74, 6) is -1.03. The van der Waals surface area contributed by atoms with Crippen LogP contribution in [0.3, 0.4) is 0 Å². The second-order valence-corrected chi connectivity index (χ2v) is 7.41. The zero-order valence-corrected chi connectivity index (χ0v) is 19.0. The molecule has 164 valence electrons. The average molecular weight is 464 g/mol. The lowest BCUT2D eigenvalue weighted by Gasteiger charge is -2.12. The van der Waals surface area contributed by atoms with Gasteiger partial charge < -0.3 is 19.5 Å². The van der Waals surface area contributed by atoms with E-state index in [9.17, 15) is 14.4 Å². The van der Waals surface area contributed by atoms with Crippen molar-refractivity contribution in [2.24, 2.45) is 0 Å². The Balaban J connectivity index is 2.05. The molecule has 2 aromatic rings. The number of amides is 1. The number of esters is 2. The SMILES string of the molecule is C=C(C(=O)NC(=S)Nc1nc(C)c(C(=O)OCC)s1)c1ccc(OC(C)=O)c(OC)c1. The Labute approximate surface area is 188 Å². The molecule has 1 aromatic heterocycles. The van der Waals surface area contributed by atoms with Crippen molar-refractivity contribution in [1.82, 2.24) is 10.3 Å². The fourth-order valence-corrected chi connectivity index (χ4v) is 3.49. The van der Waals surface area contributed by atoms with Crippen LogP contribution in [-0.2, 0) is 14.3 Å². The predicted molar refractivity (Wildman–Crippen MR) is 121 cm³/mol. The number of methoxy groups -OCH3 is 1. The lowest BCUT2D eigenvalue weighted by Crippen LogP contribution is -2.34. The third-order valence-electron chi connectivity index (χ3n) is 3.74. The van der Waals surface area contributed by atoms with Crippen LogP contribution in [0.25, 0.3) is 5.57 Å². The Morgan fingerprint density at radius 3 is 2.58 bits per heavy atom. The maximum absolute atomic E-state index is 12.5. The third kappa shape index (κ3) is 6.33. The number of nitrogens with zero attached hydrogens (tertiary/aromatic N) is 1. The molecule has 31 heavy (non-hydrogen) atoms. The van der Waals surface area contributed by atoms with Gasteiger partial charge in [0, 0.05) is 12.5 Å². The van der Waals surface area contributed by atoms with Crippen molar-refractivity contribution in [2.45, 2.75) is 20.8 Å². The van der Waals surface area contributed by atoms with Gasteiger partial charge in [0.05, 0.1) is 19.4 Å². The highest BCUT2D eigenvalue weighted by Crippen LogP contribution is 2.30. The lowest BCUT2D eigenvalue weighted by atomic mass is 10.1. The first-order valence-corrected chi connectivity index (χ1v) is 10.2. The number of hydrogen-bond donors (Lipinski definition) is 2. The average Bonchev–Trinajstić information content (AvgIpc) is 3.07. The minimum Gasteiger partial charge on any atom is -0.493 e. The molecule has 2 rings (SSSR count). The Bertz CT molecular complexity index is 1050. The number of carbonyl (C=O) groups excluding carboxylic acids is 3. The highest BCUT2D eigenvalue weighted by atomic mass is 32.1. The summed E-state index contributed by atoms with van der Waals surface area (Å²) in [6.07, 6.45) is 0. The first kappa shape index (κ1) is 24.0. The smallest absolute Gasteiger partial charge is 0.350 e. The van der Waals surface area contributed by atoms with Gasteiger partial charge in [-0.15, -0.1) is 0 Å². The number of benzene rings is 1. The number of thiazole rings is 1. The van der Waals surface area contributed by atoms with Gasteiger partial charge in [-0.05, 0) is 43.8 Å². The number of rotatable bonds is 7. The van der Waals surface area contributed by atoms with Crippen LogP contribution in [-0.4, -0.2) is 41.7 Å². The van der Waals surface area contributed by atoms with Crippen molar-refractivity contribution < 1.29 is 28.6 Å². The highest BCUT2D eigenvalue weighted by molar-refractivity contribution is 7.80. The van der Waals surface area contributed by atoms with Crippen LogP contribution in [0.2, 0.25) is 0 Å². The van der Waals surface area contributed by atoms with Crippen LogP contribution >= 0.6 is 23.6 Å². The molecule has 0 aliphatic rings. The Morgan fingerprint density at radius 2 is 1.97 bits per heavy atom. The molecular weight excluding hydrogens is 442 g/mol. The summed E-state index contributed by atoms with van der Waals surface area (Å²) in [6, 6.07) is 4.58. The van der Waals surface area contributed by atoms with E-state index in [-0.39, 0.29) is 28.8 Å². The van der Waals surface area contributed by atoms with Crippen molar-refractivity contribution in [1.29, 1.82) is 0 Å². The van der Waals surface area contributed by atoms with Gasteiger partial charge in [-0.25, -0.2) is 9.78 Å². The summed E-state index contributed by atoms with van der Waals surface area (Å²) in [5.41, 5.74) is 1.05. The standard InChI is InChI=1S/C20H21N3O6S2/c1-6-28-18(26)16-11(3)21-20(31-16)23-19(30)22-17(25)10(2)13-7-8-14(29-12(4)24)15(9-13)27-5/h7-9H,2,6H2,1,3-5H3,(H2,21,22,23,25,30). The van der Waals surface area contributed by atoms with E-state index in [1.807, 2.05) is 0 Å². The van der Waals surface area contributed by atoms with E-state index >= 15 is 0 Å². The Hall–Kier alpha value is -3.31. The zero-order chi connectivity index (χ0) is 23.1. The quantitative estimate of drug-likeness (QED) is 0.276. The van der Waals surface area contributed by atoms with E-state index in [2.05, 4.69) is 22.2 Å². The van der Waals surface area contributed by atoms with Crippen molar-refractivity contribution in [2.75, 3.05) is 19.0 Å². The molecule has 1 heterocycles. The van der Waals surface area contributed by atoms with Crippen LogP contribution in [0, 0.1) is 6.92 Å². The van der Waals surface area contributed by atoms with Crippen molar-refractivity contribution >= 4 is 57.2 Å². The number of thiocarbonyl (C=S) groups is 1. The summed E-state index contributed by atoms with van der Waals surface area (Å²) in [5, 5.41) is 5.59. The van der Waals surface area contributed by atoms with Crippen LogP contribution in [0.15, 0.2) is 24.8 Å². The molecule has 9 nitrogen and oxygen atoms in total. The first-order valence-electron chi connectivity index (χ1n) is 8.98. The molecular formula is C20H21N3O6S2. The van der Waals surface area contributed by atoms with E-state index in [1.54, 1.807) is 19.9 Å². The predicted octanol–water partition coefficient (Wildman–Crippen LogP) is 3.09. The van der Waals surface area contributed by atoms with Gasteiger partial charge in [0.2, 0.25) is 0 Å². The Kier molecular flexibility index (Phi) is 8.22. The van der Waals surface area contributed by atoms with Crippen LogP contribution in [0.1, 0.15) is 34.8 Å². The minimum atomic E-state index is -0.557. The summed E-state index contributed by atoms with van der Waals surface area (Å²) < 4.78 is 15.2. The van der Waals surface area contributed by atoms with Gasteiger partial charge in [0.25, 0.3) is 5.91 Å². The van der Waals surface area contributed by atoms with E-state index in [0.717, 1.165) is 11.3 Å². The molecule has 11 heteroatoms. The number of aromatic nitrogens is 1. The topological polar surface area (TPSA) is 116 Å². The van der Waals surface area contributed by atoms with Crippen LogP contribution < -0.4 is 20.1 Å². The number of hydrogen-bond acceptors (Lipinski definition) is 9. The van der Waals surface area contributed by atoms with Crippen LogP contribution in [0.5, 0.6) is 11.5 Å². The van der Waals surface area contributed by atoms with Gasteiger partial charge in [-0.1, -0.05) is 24.0 Å². The van der Waals surface area contributed by atoms with E-state index in [0.29, 0.717) is 21.3 Å². The summed E-state index contributed by atoms with van der Waals surface area (Å²) in [4.78, 5) is 40.1. The number of anilines is 1. The summed E-state index contributed by atoms with van der Waals surface area (Å²) in [7, 11) is 1.41. The first-order chi connectivity index (χ1) is 14.7. The zero-order valence-electron chi connectivity index (χ0n) is 17.4. The number of ether oxygens (including phenoxy) is 3. The third-order valence-corrected chi connectivity index (χ3v) is 5.00. The fraction of sp³-hybridized carbons (Fsp3) is 0.250. The molecule has 0 radical (unpaired) electrons. The lowest BCUT2D eigenvalue weighted by molar-refractivity contribution is -0.132. The fourth-order valence-electron chi connectivity index (χ4n) is 2.37. The van der Waals surface area contributed by atoms with Crippen molar-refractivity contribution in [3.05, 3.63) is 40.9 Å². The molecule has 2 N–H and O–H groups in total. The normalized spacial score (nSPS) is 10.1. The molecule has 0 unspecified atom stereocenters. The molecule has 0 atom stereocenters. The molecule has 0 aliphatic heterocycles. The van der Waals surface area contributed by atoms with Crippen molar-refractivity contribution in [3.8, 4) is 11.5 Å². The molecule has 0 bridgehead atoms. The largest absolute Gasteiger partial charge is 0.493 e. The Morgan fingerprint density at radius 1 is 1.26 bits per heavy atom. The molecule has 1 aromatic carbocycles. The maximum Gasteiger partial charge on any atom is 0.350 e. The second kappa shape index (κ2) is 10.6. The summed E-state index contributed by atoms with van der Waals surface area (Å²) >= 11 is 6.22. The monoisotopic (exact) mass is 463 g/mol. The molecule has 1 amide bonds. The maximum atomic E-state index is 12.5. The minimum absolute atomic E-state index is 0.0150. The van der Waals surface area contributed by atoms with Gasteiger partial charge in [0.15, 0.2) is 21.7 Å². The molecule has 0 spiro atoms. The molecule has 0 aliphatic carbocycles. The van der Waals surface area contributed by atoms with E-state index in [4.69, 9.17) is 26.4 Å². The highest BCUT2D eigenvalue weighted by Gasteiger charge is 2.18. The second-order valence-electron chi connectivity index (χ2n) is 6.00. The number of carbonyl (C=O) groups is 3. The van der Waals surface area contributed by atoms with E-state index in [1.165, 1.54) is 26.2 Å². The molecule has 0 saturated heterocycles. The van der Waals surface area contributed by atoms with Gasteiger partial charge in [-0.3, -0.25) is 14.9 Å². The summed E-state index contributed by atoms with van der Waals surface area (Å²) in [6.45, 7) is 8.68. The van der Waals surface area contributed by atoms with Gasteiger partial charge in [-0.2, -0.15) is 0 Å². The number of nitrogens with one attached hydrogen (secondary N) is 2. The van der Waals surface area contributed by atoms with Gasteiger partial charge >= 0.3 is 11.9 Å². The number of aryl methyl sites for hydroxylation is 1. The van der Waals surface area contributed by atoms with Crippen LogP contribution in [0.4, 0.5) is 5.13 Å². The molecule has 0 saturated carbocycles. The van der Waals surface area contributed by atoms with Gasteiger partial charge in [0.1, 0.15) is 4.88 Å².